The van der Waals surface area contributed by atoms with Crippen molar-refractivity contribution in [3.05, 3.63) is 72.6 Å². The molecule has 162 valence electrons. The highest BCUT2D eigenvalue weighted by atomic mass is 32.2. The number of amides is 1. The molecule has 0 saturated carbocycles. The molecule has 0 bridgehead atoms. The number of nitrogens with zero attached hydrogens (tertiary/aromatic N) is 1. The Morgan fingerprint density at radius 2 is 1.83 bits per heavy atom. The van der Waals surface area contributed by atoms with E-state index in [0.717, 1.165) is 10.7 Å². The number of hydroxylamine groups is 1. The van der Waals surface area contributed by atoms with Crippen LogP contribution in [0.1, 0.15) is 25.3 Å². The molecule has 30 heavy (non-hydrogen) atoms. The van der Waals surface area contributed by atoms with Crippen LogP contribution in [0.4, 0.5) is 4.39 Å². The Balaban J connectivity index is 2.47. The molecule has 1 amide bonds. The Bertz CT molecular complexity index is 949. The van der Waals surface area contributed by atoms with Crippen LogP contribution in [0.15, 0.2) is 71.9 Å². The number of rotatable bonds is 11. The molecule has 2 aromatic rings. The molecule has 0 fully saturated rings. The fourth-order valence-corrected chi connectivity index (χ4v) is 4.37. The lowest BCUT2D eigenvalue weighted by Gasteiger charge is -2.29. The third-order valence-electron chi connectivity index (χ3n) is 4.26. The molecule has 0 aliphatic heterocycles. The van der Waals surface area contributed by atoms with Crippen LogP contribution < -0.4 is 10.2 Å². The lowest BCUT2D eigenvalue weighted by molar-refractivity contribution is -0.133. The minimum absolute atomic E-state index is 0.0949. The first kappa shape index (κ1) is 23.5. The molecule has 0 aliphatic rings. The van der Waals surface area contributed by atoms with Crippen molar-refractivity contribution in [1.82, 2.24) is 9.79 Å². The topological polar surface area (TPSA) is 95.9 Å². The van der Waals surface area contributed by atoms with E-state index in [1.807, 2.05) is 6.92 Å². The molecule has 2 rings (SSSR count). The van der Waals surface area contributed by atoms with Crippen molar-refractivity contribution < 1.29 is 27.5 Å². The molecule has 7 nitrogen and oxygen atoms in total. The summed E-state index contributed by atoms with van der Waals surface area (Å²) in [6.07, 6.45) is 0.201. The number of halogens is 1. The van der Waals surface area contributed by atoms with Crippen molar-refractivity contribution >= 4 is 15.9 Å². The summed E-state index contributed by atoms with van der Waals surface area (Å²) in [6, 6.07) is 12.8. The van der Waals surface area contributed by atoms with Gasteiger partial charge in [0.2, 0.25) is 10.0 Å². The summed E-state index contributed by atoms with van der Waals surface area (Å²) in [5, 5.41) is 9.10. The molecule has 9 heteroatoms. The third-order valence-corrected chi connectivity index (χ3v) is 6.13. The average Bonchev–Trinajstić information content (AvgIpc) is 2.74. The van der Waals surface area contributed by atoms with Gasteiger partial charge in [-0.2, -0.15) is 4.31 Å². The molecule has 0 aromatic heterocycles. The van der Waals surface area contributed by atoms with Gasteiger partial charge >= 0.3 is 0 Å². The molecule has 1 atom stereocenters. The third kappa shape index (κ3) is 6.12. The predicted molar refractivity (Wildman–Crippen MR) is 110 cm³/mol. The highest BCUT2D eigenvalue weighted by molar-refractivity contribution is 7.89. The largest absolute Gasteiger partial charge is 0.494 e. The Kier molecular flexibility index (Phi) is 8.52. The smallest absolute Gasteiger partial charge is 0.262 e. The van der Waals surface area contributed by atoms with E-state index in [1.54, 1.807) is 30.3 Å². The van der Waals surface area contributed by atoms with Crippen LogP contribution >= 0.6 is 0 Å². The van der Waals surface area contributed by atoms with E-state index in [1.165, 1.54) is 29.7 Å². The van der Waals surface area contributed by atoms with Gasteiger partial charge in [-0.25, -0.2) is 18.3 Å². The minimum Gasteiger partial charge on any atom is -0.494 e. The van der Waals surface area contributed by atoms with E-state index >= 15 is 0 Å². The standard InChI is InChI=1S/C21H25FN2O5S/c1-3-13-29-18-9-11-19(12-10-18)30(27,28)24(15-17-7-5-4-6-8-17)20(14-16(2)22)21(25)23-26/h4-12,20,26H,2-3,13-15H2,1H3,(H,23,25)/t20-/m1/s1. The number of hydrogen-bond donors (Lipinski definition) is 2. The Morgan fingerprint density at radius 3 is 2.37 bits per heavy atom. The van der Waals surface area contributed by atoms with Gasteiger partial charge in [-0.15, -0.1) is 0 Å². The van der Waals surface area contributed by atoms with Crippen LogP contribution in [0.2, 0.25) is 0 Å². The number of benzene rings is 2. The van der Waals surface area contributed by atoms with Crippen LogP contribution in [-0.2, 0) is 21.4 Å². The van der Waals surface area contributed by atoms with Gasteiger partial charge < -0.3 is 4.74 Å². The van der Waals surface area contributed by atoms with Gasteiger partial charge in [-0.05, 0) is 36.2 Å². The summed E-state index contributed by atoms with van der Waals surface area (Å²) in [4.78, 5) is 12.1. The van der Waals surface area contributed by atoms with Crippen LogP contribution in [0.25, 0.3) is 0 Å². The zero-order valence-electron chi connectivity index (χ0n) is 16.6. The van der Waals surface area contributed by atoms with Gasteiger partial charge in [0.05, 0.1) is 17.3 Å². The van der Waals surface area contributed by atoms with Gasteiger partial charge in [-0.1, -0.05) is 43.8 Å². The van der Waals surface area contributed by atoms with Crippen molar-refractivity contribution in [3.63, 3.8) is 0 Å². The SMILES string of the molecule is C=C(F)C[C@H](C(=O)NO)N(Cc1ccccc1)S(=O)(=O)c1ccc(OCCC)cc1. The molecular formula is C21H25FN2O5S. The second-order valence-corrected chi connectivity index (χ2v) is 8.46. The molecule has 0 heterocycles. The maximum absolute atomic E-state index is 13.6. The number of carbonyl (C=O) groups is 1. The molecule has 0 saturated heterocycles. The average molecular weight is 437 g/mol. The highest BCUT2D eigenvalue weighted by Gasteiger charge is 2.36. The number of sulfonamides is 1. The summed E-state index contributed by atoms with van der Waals surface area (Å²) in [5.41, 5.74) is 2.01. The summed E-state index contributed by atoms with van der Waals surface area (Å²) in [5.74, 6) is -1.44. The molecule has 0 spiro atoms. The van der Waals surface area contributed by atoms with Crippen molar-refractivity contribution in [3.8, 4) is 5.75 Å². The van der Waals surface area contributed by atoms with E-state index in [-0.39, 0.29) is 11.4 Å². The van der Waals surface area contributed by atoms with E-state index in [0.29, 0.717) is 17.9 Å². The van der Waals surface area contributed by atoms with E-state index < -0.39 is 34.2 Å². The molecular weight excluding hydrogens is 411 g/mol. The first-order valence-electron chi connectivity index (χ1n) is 9.35. The number of nitrogens with one attached hydrogen (secondary N) is 1. The fraction of sp³-hybridized carbons (Fsp3) is 0.286. The quantitative estimate of drug-likeness (QED) is 0.416. The van der Waals surface area contributed by atoms with Crippen molar-refractivity contribution in [2.24, 2.45) is 0 Å². The second kappa shape index (κ2) is 10.9. The van der Waals surface area contributed by atoms with Crippen LogP contribution in [0, 0.1) is 0 Å². The Hall–Kier alpha value is -2.75. The second-order valence-electron chi connectivity index (χ2n) is 6.57. The van der Waals surface area contributed by atoms with E-state index in [9.17, 15) is 17.6 Å². The molecule has 0 aliphatic carbocycles. The van der Waals surface area contributed by atoms with Crippen LogP contribution in [0.5, 0.6) is 5.75 Å². The molecule has 2 N–H and O–H groups in total. The number of hydrogen-bond acceptors (Lipinski definition) is 5. The summed E-state index contributed by atoms with van der Waals surface area (Å²) in [7, 11) is -4.24. The van der Waals surface area contributed by atoms with Crippen molar-refractivity contribution in [2.45, 2.75) is 37.2 Å². The zero-order chi connectivity index (χ0) is 22.1. The first-order valence-corrected chi connectivity index (χ1v) is 10.8. The number of carbonyl (C=O) groups excluding carboxylic acids is 1. The summed E-state index contributed by atoms with van der Waals surface area (Å²) in [6.45, 7) is 5.36. The maximum atomic E-state index is 13.6. The minimum atomic E-state index is -4.24. The number of ether oxygens (including phenoxy) is 1. The van der Waals surface area contributed by atoms with Gasteiger partial charge in [0, 0.05) is 13.0 Å². The highest BCUT2D eigenvalue weighted by Crippen LogP contribution is 2.26. The van der Waals surface area contributed by atoms with Crippen molar-refractivity contribution in [2.75, 3.05) is 6.61 Å². The summed E-state index contributed by atoms with van der Waals surface area (Å²) < 4.78 is 46.7. The Labute approximate surface area is 175 Å². The molecule has 0 radical (unpaired) electrons. The van der Waals surface area contributed by atoms with Gasteiger partial charge in [0.25, 0.3) is 5.91 Å². The van der Waals surface area contributed by atoms with Gasteiger partial charge in [-0.3, -0.25) is 10.0 Å². The molecule has 0 unspecified atom stereocenters. The predicted octanol–water partition coefficient (Wildman–Crippen LogP) is 3.41. The molecule has 2 aromatic carbocycles. The van der Waals surface area contributed by atoms with E-state index in [4.69, 9.17) is 9.94 Å². The van der Waals surface area contributed by atoms with Gasteiger partial charge in [0.15, 0.2) is 0 Å². The van der Waals surface area contributed by atoms with Crippen molar-refractivity contribution in [1.29, 1.82) is 0 Å². The maximum Gasteiger partial charge on any atom is 0.262 e. The fourth-order valence-electron chi connectivity index (χ4n) is 2.80. The first-order chi connectivity index (χ1) is 14.3. The normalized spacial score (nSPS) is 12.4. The van der Waals surface area contributed by atoms with Crippen LogP contribution in [-0.4, -0.2) is 36.5 Å². The lowest BCUT2D eigenvalue weighted by Crippen LogP contribution is -2.48. The monoisotopic (exact) mass is 436 g/mol. The zero-order valence-corrected chi connectivity index (χ0v) is 17.4. The van der Waals surface area contributed by atoms with Gasteiger partial charge in [0.1, 0.15) is 11.8 Å². The lowest BCUT2D eigenvalue weighted by atomic mass is 10.1. The summed E-state index contributed by atoms with van der Waals surface area (Å²) >= 11 is 0. The van der Waals surface area contributed by atoms with Crippen LogP contribution in [0.3, 0.4) is 0 Å². The van der Waals surface area contributed by atoms with E-state index in [2.05, 4.69) is 6.58 Å². The Morgan fingerprint density at radius 1 is 1.20 bits per heavy atom.